The maximum atomic E-state index is 12.7. The highest BCUT2D eigenvalue weighted by molar-refractivity contribution is 4.93. The van der Waals surface area contributed by atoms with E-state index in [4.69, 9.17) is 0 Å². The molecule has 0 spiro atoms. The van der Waals surface area contributed by atoms with Crippen LogP contribution in [-0.2, 0) is 6.54 Å². The van der Waals surface area contributed by atoms with E-state index in [1.165, 1.54) is 12.4 Å². The largest absolute Gasteiger partial charge is 0.390 e. The van der Waals surface area contributed by atoms with Crippen molar-refractivity contribution in [1.29, 1.82) is 0 Å². The molecule has 1 aliphatic heterocycles. The van der Waals surface area contributed by atoms with Crippen LogP contribution in [0.5, 0.6) is 0 Å². The van der Waals surface area contributed by atoms with Gasteiger partial charge in [-0.25, -0.2) is 4.98 Å². The van der Waals surface area contributed by atoms with E-state index in [1.807, 2.05) is 6.92 Å². The number of nitrogens with zero attached hydrogens (tertiary/aromatic N) is 3. The van der Waals surface area contributed by atoms with Crippen LogP contribution in [0.3, 0.4) is 0 Å². The number of hydrogen-bond donors (Lipinski definition) is 1. The van der Waals surface area contributed by atoms with Gasteiger partial charge in [0.15, 0.2) is 0 Å². The highest BCUT2D eigenvalue weighted by atomic mass is 19.3. The molecule has 2 rings (SSSR count). The molecule has 1 fully saturated rings. The van der Waals surface area contributed by atoms with Crippen LogP contribution in [0, 0.1) is 0 Å². The summed E-state index contributed by atoms with van der Waals surface area (Å²) >= 11 is 0. The van der Waals surface area contributed by atoms with Gasteiger partial charge in [0.05, 0.1) is 12.1 Å². The SMILES string of the molecule is CC1(O)CCCN(Cc2nccn2C(F)F)CC1. The summed E-state index contributed by atoms with van der Waals surface area (Å²) in [4.78, 5) is 6.05. The molecule has 0 aliphatic carbocycles. The first kappa shape index (κ1) is 13.4. The molecule has 102 valence electrons. The third kappa shape index (κ3) is 3.26. The van der Waals surface area contributed by atoms with Gasteiger partial charge in [-0.3, -0.25) is 9.47 Å². The number of alkyl halides is 2. The van der Waals surface area contributed by atoms with Gasteiger partial charge in [0.2, 0.25) is 0 Å². The Labute approximate surface area is 105 Å². The summed E-state index contributed by atoms with van der Waals surface area (Å²) in [6, 6.07) is 0. The molecule has 0 amide bonds. The van der Waals surface area contributed by atoms with Gasteiger partial charge in [0, 0.05) is 18.9 Å². The van der Waals surface area contributed by atoms with Gasteiger partial charge in [-0.15, -0.1) is 0 Å². The molecule has 1 atom stereocenters. The molecule has 1 unspecified atom stereocenters. The summed E-state index contributed by atoms with van der Waals surface area (Å²) in [6.07, 6.45) is 5.00. The van der Waals surface area contributed by atoms with Crippen molar-refractivity contribution < 1.29 is 13.9 Å². The number of rotatable bonds is 3. The minimum absolute atomic E-state index is 0.381. The second-order valence-electron chi connectivity index (χ2n) is 5.16. The van der Waals surface area contributed by atoms with Gasteiger partial charge in [-0.2, -0.15) is 8.78 Å². The lowest BCUT2D eigenvalue weighted by Gasteiger charge is -2.22. The van der Waals surface area contributed by atoms with Crippen LogP contribution in [-0.4, -0.2) is 38.2 Å². The Morgan fingerprint density at radius 1 is 1.44 bits per heavy atom. The molecule has 0 bridgehead atoms. The van der Waals surface area contributed by atoms with Crippen LogP contribution in [0.25, 0.3) is 0 Å². The predicted molar refractivity (Wildman–Crippen MR) is 63.2 cm³/mol. The number of halogens is 2. The van der Waals surface area contributed by atoms with Crippen LogP contribution < -0.4 is 0 Å². The molecule has 0 radical (unpaired) electrons. The van der Waals surface area contributed by atoms with Crippen molar-refractivity contribution in [3.05, 3.63) is 18.2 Å². The molecule has 0 saturated carbocycles. The Morgan fingerprint density at radius 2 is 2.22 bits per heavy atom. The van der Waals surface area contributed by atoms with Gasteiger partial charge < -0.3 is 5.11 Å². The lowest BCUT2D eigenvalue weighted by molar-refractivity contribution is 0.0433. The standard InChI is InChI=1S/C12H19F2N3O/c1-12(18)3-2-6-16(7-4-12)9-10-15-5-8-17(10)11(13)14/h5,8,11,18H,2-4,6-7,9H2,1H3. The quantitative estimate of drug-likeness (QED) is 0.903. The van der Waals surface area contributed by atoms with Crippen LogP contribution in [0.4, 0.5) is 8.78 Å². The van der Waals surface area contributed by atoms with E-state index >= 15 is 0 Å². The van der Waals surface area contributed by atoms with Crippen molar-refractivity contribution in [3.8, 4) is 0 Å². The van der Waals surface area contributed by atoms with E-state index in [9.17, 15) is 13.9 Å². The summed E-state index contributed by atoms with van der Waals surface area (Å²) in [5.41, 5.74) is -0.632. The van der Waals surface area contributed by atoms with Crippen molar-refractivity contribution in [3.63, 3.8) is 0 Å². The minimum Gasteiger partial charge on any atom is -0.390 e. The van der Waals surface area contributed by atoms with Crippen LogP contribution in [0.15, 0.2) is 12.4 Å². The van der Waals surface area contributed by atoms with Gasteiger partial charge in [-0.05, 0) is 32.7 Å². The normalized spacial score (nSPS) is 26.5. The average molecular weight is 259 g/mol. The van der Waals surface area contributed by atoms with Gasteiger partial charge >= 0.3 is 6.55 Å². The number of hydrogen-bond acceptors (Lipinski definition) is 3. The molecule has 1 saturated heterocycles. The highest BCUT2D eigenvalue weighted by Crippen LogP contribution is 2.22. The molecular formula is C12H19F2N3O. The molecule has 2 heterocycles. The zero-order chi connectivity index (χ0) is 13.2. The van der Waals surface area contributed by atoms with E-state index < -0.39 is 12.2 Å². The molecule has 18 heavy (non-hydrogen) atoms. The van der Waals surface area contributed by atoms with E-state index in [1.54, 1.807) is 0 Å². The predicted octanol–water partition coefficient (Wildman–Crippen LogP) is 2.02. The Balaban J connectivity index is 1.99. The molecule has 0 aromatic carbocycles. The monoisotopic (exact) mass is 259 g/mol. The Hall–Kier alpha value is -1.01. The third-order valence-corrected chi connectivity index (χ3v) is 3.48. The molecule has 4 nitrogen and oxygen atoms in total. The van der Waals surface area contributed by atoms with Crippen LogP contribution in [0.2, 0.25) is 0 Å². The molecule has 1 aromatic heterocycles. The zero-order valence-electron chi connectivity index (χ0n) is 10.5. The van der Waals surface area contributed by atoms with Gasteiger partial charge in [-0.1, -0.05) is 0 Å². The molecule has 1 aliphatic rings. The highest BCUT2D eigenvalue weighted by Gasteiger charge is 2.25. The number of aromatic nitrogens is 2. The van der Waals surface area contributed by atoms with Crippen molar-refractivity contribution in [1.82, 2.24) is 14.5 Å². The molecule has 6 heteroatoms. The summed E-state index contributed by atoms with van der Waals surface area (Å²) in [5, 5.41) is 9.97. The van der Waals surface area contributed by atoms with Crippen molar-refractivity contribution in [2.45, 2.75) is 44.9 Å². The Bertz CT molecular complexity index is 392. The lowest BCUT2D eigenvalue weighted by atomic mass is 9.98. The van der Waals surface area contributed by atoms with Gasteiger partial charge in [0.1, 0.15) is 5.82 Å². The van der Waals surface area contributed by atoms with Crippen molar-refractivity contribution >= 4 is 0 Å². The van der Waals surface area contributed by atoms with Gasteiger partial charge in [0.25, 0.3) is 0 Å². The van der Waals surface area contributed by atoms with E-state index in [-0.39, 0.29) is 0 Å². The summed E-state index contributed by atoms with van der Waals surface area (Å²) in [7, 11) is 0. The fourth-order valence-corrected chi connectivity index (χ4v) is 2.32. The molecule has 1 N–H and O–H groups in total. The number of aliphatic hydroxyl groups is 1. The summed E-state index contributed by atoms with van der Waals surface area (Å²) < 4.78 is 26.3. The van der Waals surface area contributed by atoms with Crippen molar-refractivity contribution in [2.24, 2.45) is 0 Å². The smallest absolute Gasteiger partial charge is 0.319 e. The third-order valence-electron chi connectivity index (χ3n) is 3.48. The fraction of sp³-hybridized carbons (Fsp3) is 0.750. The van der Waals surface area contributed by atoms with E-state index in [2.05, 4.69) is 9.88 Å². The second-order valence-corrected chi connectivity index (χ2v) is 5.16. The maximum Gasteiger partial charge on any atom is 0.319 e. The number of imidazole rings is 1. The molecule has 1 aromatic rings. The van der Waals surface area contributed by atoms with Crippen LogP contribution in [0.1, 0.15) is 38.6 Å². The topological polar surface area (TPSA) is 41.3 Å². The number of likely N-dealkylation sites (tertiary alicyclic amines) is 1. The average Bonchev–Trinajstić information content (AvgIpc) is 2.66. The first-order chi connectivity index (χ1) is 8.48. The molecular weight excluding hydrogens is 240 g/mol. The maximum absolute atomic E-state index is 12.7. The Kier molecular flexibility index (Phi) is 3.97. The van der Waals surface area contributed by atoms with Crippen LogP contribution >= 0.6 is 0 Å². The second kappa shape index (κ2) is 5.32. The zero-order valence-corrected chi connectivity index (χ0v) is 10.5. The van der Waals surface area contributed by atoms with E-state index in [0.717, 1.165) is 24.0 Å². The first-order valence-corrected chi connectivity index (χ1v) is 6.22. The Morgan fingerprint density at radius 3 is 2.94 bits per heavy atom. The van der Waals surface area contributed by atoms with Crippen molar-refractivity contribution in [2.75, 3.05) is 13.1 Å². The fourth-order valence-electron chi connectivity index (χ4n) is 2.32. The minimum atomic E-state index is -2.54. The lowest BCUT2D eigenvalue weighted by Crippen LogP contribution is -2.29. The first-order valence-electron chi connectivity index (χ1n) is 6.22. The summed E-state index contributed by atoms with van der Waals surface area (Å²) in [6.45, 7) is 1.22. The summed E-state index contributed by atoms with van der Waals surface area (Å²) in [5.74, 6) is 0.381. The van der Waals surface area contributed by atoms with E-state index in [0.29, 0.717) is 25.3 Å².